The number of hydrogen-bond donors (Lipinski definition) is 0. The van der Waals surface area contributed by atoms with E-state index in [2.05, 4.69) is 41.9 Å². The maximum atomic E-state index is 12.5. The average Bonchev–Trinajstić information content (AvgIpc) is 2.96. The molecule has 0 radical (unpaired) electrons. The van der Waals surface area contributed by atoms with Crippen molar-refractivity contribution in [3.8, 4) is 0 Å². The van der Waals surface area contributed by atoms with Crippen LogP contribution < -0.4 is 4.90 Å². The lowest BCUT2D eigenvalue weighted by Gasteiger charge is -2.36. The summed E-state index contributed by atoms with van der Waals surface area (Å²) in [5.74, 6) is 0.117. The van der Waals surface area contributed by atoms with Crippen molar-refractivity contribution in [3.63, 3.8) is 0 Å². The van der Waals surface area contributed by atoms with Gasteiger partial charge in [-0.05, 0) is 38.0 Å². The molecular weight excluding hydrogens is 294 g/mol. The number of thiazole rings is 1. The fourth-order valence-electron chi connectivity index (χ4n) is 2.84. The van der Waals surface area contributed by atoms with Crippen molar-refractivity contribution < 1.29 is 4.79 Å². The molecule has 1 aromatic carbocycles. The van der Waals surface area contributed by atoms with E-state index in [1.165, 1.54) is 28.2 Å². The number of aryl methyl sites for hydroxylation is 2. The highest BCUT2D eigenvalue weighted by Crippen LogP contribution is 2.24. The van der Waals surface area contributed by atoms with Gasteiger partial charge in [0.05, 0.1) is 11.2 Å². The Kier molecular flexibility index (Phi) is 4.16. The zero-order valence-electron chi connectivity index (χ0n) is 13.3. The summed E-state index contributed by atoms with van der Waals surface area (Å²) in [6.07, 6.45) is 1.69. The van der Waals surface area contributed by atoms with E-state index in [0.717, 1.165) is 36.1 Å². The molecule has 2 aromatic rings. The summed E-state index contributed by atoms with van der Waals surface area (Å²) in [4.78, 5) is 21.7. The minimum atomic E-state index is 0.117. The van der Waals surface area contributed by atoms with Crippen LogP contribution in [-0.2, 0) is 0 Å². The van der Waals surface area contributed by atoms with Crippen LogP contribution in [0.4, 0.5) is 5.69 Å². The fraction of sp³-hybridized carbons (Fsp3) is 0.412. The maximum absolute atomic E-state index is 12.5. The van der Waals surface area contributed by atoms with Crippen molar-refractivity contribution in [1.82, 2.24) is 9.88 Å². The standard InChI is InChI=1S/C17H21N3OS/c1-12-5-4-6-15(13(12)2)19-7-9-20(10-8-19)17(21)16-11-18-14(3)22-16/h4-6,11H,7-10H2,1-3H3. The first kappa shape index (κ1) is 15.0. The Labute approximate surface area is 135 Å². The Morgan fingerprint density at radius 1 is 1.14 bits per heavy atom. The maximum Gasteiger partial charge on any atom is 0.265 e. The first-order chi connectivity index (χ1) is 10.6. The topological polar surface area (TPSA) is 36.4 Å². The molecule has 22 heavy (non-hydrogen) atoms. The van der Waals surface area contributed by atoms with Crippen LogP contribution in [-0.4, -0.2) is 42.0 Å². The van der Waals surface area contributed by atoms with E-state index in [4.69, 9.17) is 0 Å². The van der Waals surface area contributed by atoms with Gasteiger partial charge >= 0.3 is 0 Å². The molecule has 116 valence electrons. The molecule has 0 bridgehead atoms. The number of benzene rings is 1. The van der Waals surface area contributed by atoms with E-state index in [1.54, 1.807) is 6.20 Å². The number of anilines is 1. The summed E-state index contributed by atoms with van der Waals surface area (Å²) >= 11 is 1.48. The summed E-state index contributed by atoms with van der Waals surface area (Å²) in [7, 11) is 0. The van der Waals surface area contributed by atoms with Gasteiger partial charge in [0.25, 0.3) is 5.91 Å². The number of carbonyl (C=O) groups excluding carboxylic acids is 1. The number of piperazine rings is 1. The molecular formula is C17H21N3OS. The fourth-order valence-corrected chi connectivity index (χ4v) is 3.59. The Bertz CT molecular complexity index is 687. The molecule has 3 rings (SSSR count). The van der Waals surface area contributed by atoms with E-state index in [-0.39, 0.29) is 5.91 Å². The van der Waals surface area contributed by atoms with E-state index in [1.807, 2.05) is 11.8 Å². The van der Waals surface area contributed by atoms with Gasteiger partial charge in [0, 0.05) is 31.9 Å². The molecule has 1 amide bonds. The second kappa shape index (κ2) is 6.08. The van der Waals surface area contributed by atoms with Crippen molar-refractivity contribution >= 4 is 22.9 Å². The first-order valence-corrected chi connectivity index (χ1v) is 8.41. The first-order valence-electron chi connectivity index (χ1n) is 7.59. The van der Waals surface area contributed by atoms with Crippen LogP contribution in [0.2, 0.25) is 0 Å². The minimum Gasteiger partial charge on any atom is -0.368 e. The molecule has 0 N–H and O–H groups in total. The molecule has 5 heteroatoms. The molecule has 1 saturated heterocycles. The zero-order chi connectivity index (χ0) is 15.7. The number of carbonyl (C=O) groups is 1. The number of nitrogens with zero attached hydrogens (tertiary/aromatic N) is 3. The van der Waals surface area contributed by atoms with Crippen LogP contribution in [0.1, 0.15) is 25.8 Å². The van der Waals surface area contributed by atoms with E-state index in [0.29, 0.717) is 0 Å². The number of amides is 1. The molecule has 4 nitrogen and oxygen atoms in total. The zero-order valence-corrected chi connectivity index (χ0v) is 14.1. The van der Waals surface area contributed by atoms with Crippen molar-refractivity contribution in [3.05, 3.63) is 45.4 Å². The predicted molar refractivity (Wildman–Crippen MR) is 90.9 cm³/mol. The molecule has 0 aliphatic carbocycles. The van der Waals surface area contributed by atoms with Gasteiger partial charge in [-0.25, -0.2) is 4.98 Å². The van der Waals surface area contributed by atoms with E-state index < -0.39 is 0 Å². The molecule has 1 aliphatic rings. The molecule has 0 saturated carbocycles. The average molecular weight is 315 g/mol. The van der Waals surface area contributed by atoms with Gasteiger partial charge in [0.2, 0.25) is 0 Å². The second-order valence-electron chi connectivity index (χ2n) is 5.74. The molecule has 0 atom stereocenters. The summed E-state index contributed by atoms with van der Waals surface area (Å²) in [6, 6.07) is 6.42. The van der Waals surface area contributed by atoms with Gasteiger partial charge < -0.3 is 9.80 Å². The number of aromatic nitrogens is 1. The van der Waals surface area contributed by atoms with E-state index in [9.17, 15) is 4.79 Å². The van der Waals surface area contributed by atoms with Crippen molar-refractivity contribution in [2.24, 2.45) is 0 Å². The summed E-state index contributed by atoms with van der Waals surface area (Å²) in [5, 5.41) is 0.942. The van der Waals surface area contributed by atoms with Gasteiger partial charge in [0.15, 0.2) is 0 Å². The van der Waals surface area contributed by atoms with Crippen molar-refractivity contribution in [2.45, 2.75) is 20.8 Å². The molecule has 2 heterocycles. The molecule has 0 spiro atoms. The monoisotopic (exact) mass is 315 g/mol. The van der Waals surface area contributed by atoms with Gasteiger partial charge in [-0.3, -0.25) is 4.79 Å². The van der Waals surface area contributed by atoms with Gasteiger partial charge in [-0.1, -0.05) is 12.1 Å². The third kappa shape index (κ3) is 2.86. The van der Waals surface area contributed by atoms with Crippen LogP contribution in [0.25, 0.3) is 0 Å². The van der Waals surface area contributed by atoms with Crippen LogP contribution in [0, 0.1) is 20.8 Å². The van der Waals surface area contributed by atoms with Crippen LogP contribution >= 0.6 is 11.3 Å². The Morgan fingerprint density at radius 3 is 2.50 bits per heavy atom. The second-order valence-corrected chi connectivity index (χ2v) is 6.98. The Morgan fingerprint density at radius 2 is 1.86 bits per heavy atom. The number of rotatable bonds is 2. The molecule has 1 fully saturated rings. The van der Waals surface area contributed by atoms with Crippen LogP contribution in [0.3, 0.4) is 0 Å². The van der Waals surface area contributed by atoms with Crippen LogP contribution in [0.5, 0.6) is 0 Å². The number of hydrogen-bond acceptors (Lipinski definition) is 4. The highest BCUT2D eigenvalue weighted by Gasteiger charge is 2.24. The third-order valence-electron chi connectivity index (χ3n) is 4.32. The predicted octanol–water partition coefficient (Wildman–Crippen LogP) is 3.03. The Balaban J connectivity index is 1.67. The van der Waals surface area contributed by atoms with Gasteiger partial charge in [-0.15, -0.1) is 11.3 Å². The van der Waals surface area contributed by atoms with Crippen LogP contribution in [0.15, 0.2) is 24.4 Å². The summed E-state index contributed by atoms with van der Waals surface area (Å²) < 4.78 is 0. The third-order valence-corrected chi connectivity index (χ3v) is 5.22. The van der Waals surface area contributed by atoms with Gasteiger partial charge in [0.1, 0.15) is 4.88 Å². The largest absolute Gasteiger partial charge is 0.368 e. The smallest absolute Gasteiger partial charge is 0.265 e. The molecule has 1 aromatic heterocycles. The molecule has 0 unspecified atom stereocenters. The van der Waals surface area contributed by atoms with Crippen molar-refractivity contribution in [2.75, 3.05) is 31.1 Å². The highest BCUT2D eigenvalue weighted by molar-refractivity contribution is 7.13. The Hall–Kier alpha value is -1.88. The summed E-state index contributed by atoms with van der Waals surface area (Å²) in [5.41, 5.74) is 3.94. The minimum absolute atomic E-state index is 0.117. The van der Waals surface area contributed by atoms with Crippen molar-refractivity contribution in [1.29, 1.82) is 0 Å². The SMILES string of the molecule is Cc1ncc(C(=O)N2CCN(c3cccc(C)c3C)CC2)s1. The normalized spacial score (nSPS) is 15.2. The van der Waals surface area contributed by atoms with E-state index >= 15 is 0 Å². The molecule has 1 aliphatic heterocycles. The lowest BCUT2D eigenvalue weighted by molar-refractivity contribution is 0.0751. The summed E-state index contributed by atoms with van der Waals surface area (Å²) in [6.45, 7) is 9.54. The lowest BCUT2D eigenvalue weighted by Crippen LogP contribution is -2.48. The highest BCUT2D eigenvalue weighted by atomic mass is 32.1. The van der Waals surface area contributed by atoms with Gasteiger partial charge in [-0.2, -0.15) is 0 Å². The lowest BCUT2D eigenvalue weighted by atomic mass is 10.1. The quantitative estimate of drug-likeness (QED) is 0.855.